The van der Waals surface area contributed by atoms with Gasteiger partial charge in [0.1, 0.15) is 12.6 Å². The minimum Gasteiger partial charge on any atom is -0.484 e. The zero-order chi connectivity index (χ0) is 13.0. The van der Waals surface area contributed by atoms with Crippen molar-refractivity contribution in [2.75, 3.05) is 6.61 Å². The predicted octanol–water partition coefficient (Wildman–Crippen LogP) is 1.44. The van der Waals surface area contributed by atoms with Gasteiger partial charge in [0.2, 0.25) is 0 Å². The van der Waals surface area contributed by atoms with E-state index in [0.29, 0.717) is 5.56 Å². The number of nitrogens with zero attached hydrogens (tertiary/aromatic N) is 2. The van der Waals surface area contributed by atoms with Crippen LogP contribution < -0.4 is 10.5 Å². The molecule has 0 saturated carbocycles. The van der Waals surface area contributed by atoms with E-state index >= 15 is 0 Å². The number of benzene rings is 1. The molecular formula is C11H13N3O3. The van der Waals surface area contributed by atoms with Crippen molar-refractivity contribution in [1.82, 2.24) is 0 Å². The van der Waals surface area contributed by atoms with Crippen LogP contribution in [0, 0.1) is 35.3 Å². The molecule has 0 radical (unpaired) electrons. The third-order valence-electron chi connectivity index (χ3n) is 2.17. The highest BCUT2D eigenvalue weighted by atomic mass is 16.6. The van der Waals surface area contributed by atoms with Crippen LogP contribution in [-0.4, -0.2) is 17.6 Å². The summed E-state index contributed by atoms with van der Waals surface area (Å²) in [5.41, 5.74) is 6.70. The molecule has 1 rings (SSSR count). The Bertz CT molecular complexity index is 480. The first kappa shape index (κ1) is 12.9. The Hall–Kier alpha value is -2.13. The van der Waals surface area contributed by atoms with Crippen LogP contribution in [0.1, 0.15) is 11.1 Å². The molecule has 0 aliphatic heterocycles. The second-order valence-corrected chi connectivity index (χ2v) is 3.73. The normalized spacial score (nSPS) is 11.6. The Kier molecular flexibility index (Phi) is 4.01. The molecule has 0 spiro atoms. The zero-order valence-electron chi connectivity index (χ0n) is 9.64. The Morgan fingerprint density at radius 2 is 2.24 bits per heavy atom. The van der Waals surface area contributed by atoms with Gasteiger partial charge in [-0.25, -0.2) is 0 Å². The number of nitro groups is 1. The molecule has 0 aliphatic rings. The monoisotopic (exact) mass is 235 g/mol. The van der Waals surface area contributed by atoms with Crippen LogP contribution in [0.5, 0.6) is 5.75 Å². The fourth-order valence-electron chi connectivity index (χ4n) is 1.47. The fourth-order valence-corrected chi connectivity index (χ4v) is 1.47. The first-order valence-corrected chi connectivity index (χ1v) is 4.99. The molecule has 0 amide bonds. The van der Waals surface area contributed by atoms with Gasteiger partial charge in [0.05, 0.1) is 11.0 Å². The summed E-state index contributed by atoms with van der Waals surface area (Å²) in [6.45, 7) is 3.42. The van der Waals surface area contributed by atoms with Crippen molar-refractivity contribution >= 4 is 5.69 Å². The van der Waals surface area contributed by atoms with Crippen molar-refractivity contribution in [3.63, 3.8) is 0 Å². The summed E-state index contributed by atoms with van der Waals surface area (Å²) >= 11 is 0. The molecule has 1 atom stereocenters. The van der Waals surface area contributed by atoms with Gasteiger partial charge in [0.25, 0.3) is 0 Å². The maximum Gasteiger partial charge on any atom is 0.311 e. The van der Waals surface area contributed by atoms with Crippen molar-refractivity contribution in [3.05, 3.63) is 33.4 Å². The Balaban J connectivity index is 3.05. The van der Waals surface area contributed by atoms with Crippen LogP contribution >= 0.6 is 0 Å². The second kappa shape index (κ2) is 5.27. The van der Waals surface area contributed by atoms with Crippen LogP contribution in [0.2, 0.25) is 0 Å². The van der Waals surface area contributed by atoms with Crippen molar-refractivity contribution < 1.29 is 9.66 Å². The first-order chi connectivity index (χ1) is 7.95. The predicted molar refractivity (Wildman–Crippen MR) is 61.7 cm³/mol. The molecule has 1 aromatic rings. The van der Waals surface area contributed by atoms with Crippen molar-refractivity contribution in [3.8, 4) is 11.8 Å². The van der Waals surface area contributed by atoms with E-state index in [4.69, 9.17) is 15.7 Å². The highest BCUT2D eigenvalue weighted by Crippen LogP contribution is 2.31. The topological polar surface area (TPSA) is 102 Å². The van der Waals surface area contributed by atoms with Crippen molar-refractivity contribution in [2.45, 2.75) is 19.9 Å². The molecule has 0 saturated heterocycles. The quantitative estimate of drug-likeness (QED) is 0.628. The molecule has 0 bridgehead atoms. The third kappa shape index (κ3) is 3.16. The molecule has 1 unspecified atom stereocenters. The van der Waals surface area contributed by atoms with E-state index in [1.165, 1.54) is 6.07 Å². The SMILES string of the molecule is Cc1cc(C)c(OCC(N)C#N)c([N+](=O)[O-])c1. The highest BCUT2D eigenvalue weighted by Gasteiger charge is 2.19. The lowest BCUT2D eigenvalue weighted by Crippen LogP contribution is -2.26. The Morgan fingerprint density at radius 1 is 1.59 bits per heavy atom. The number of nitro benzene ring substituents is 1. The summed E-state index contributed by atoms with van der Waals surface area (Å²) < 4.78 is 5.25. The summed E-state index contributed by atoms with van der Waals surface area (Å²) in [6, 6.07) is 4.21. The number of ether oxygens (including phenoxy) is 1. The molecule has 6 nitrogen and oxygen atoms in total. The van der Waals surface area contributed by atoms with Crippen molar-refractivity contribution in [1.29, 1.82) is 5.26 Å². The molecule has 6 heteroatoms. The molecule has 17 heavy (non-hydrogen) atoms. The lowest BCUT2D eigenvalue weighted by molar-refractivity contribution is -0.386. The zero-order valence-corrected chi connectivity index (χ0v) is 9.64. The summed E-state index contributed by atoms with van der Waals surface area (Å²) in [4.78, 5) is 10.4. The smallest absolute Gasteiger partial charge is 0.311 e. The lowest BCUT2D eigenvalue weighted by Gasteiger charge is -2.11. The van der Waals surface area contributed by atoms with E-state index in [1.807, 2.05) is 0 Å². The average molecular weight is 235 g/mol. The maximum atomic E-state index is 10.9. The van der Waals surface area contributed by atoms with Gasteiger partial charge in [-0.2, -0.15) is 5.26 Å². The summed E-state index contributed by atoms with van der Waals surface area (Å²) in [7, 11) is 0. The number of aryl methyl sites for hydroxylation is 2. The van der Waals surface area contributed by atoms with Gasteiger partial charge in [-0.05, 0) is 25.0 Å². The summed E-state index contributed by atoms with van der Waals surface area (Å²) in [5.74, 6) is 0.173. The van der Waals surface area contributed by atoms with Crippen molar-refractivity contribution in [2.24, 2.45) is 5.73 Å². The first-order valence-electron chi connectivity index (χ1n) is 4.99. The summed E-state index contributed by atoms with van der Waals surface area (Å²) in [5, 5.41) is 19.4. The van der Waals surface area contributed by atoms with E-state index in [0.717, 1.165) is 5.56 Å². The molecular weight excluding hydrogens is 222 g/mol. The van der Waals surface area contributed by atoms with Gasteiger partial charge in [-0.3, -0.25) is 10.1 Å². The molecule has 0 heterocycles. The number of rotatable bonds is 4. The minimum atomic E-state index is -0.796. The van der Waals surface area contributed by atoms with Gasteiger partial charge >= 0.3 is 5.69 Å². The third-order valence-corrected chi connectivity index (χ3v) is 2.17. The van der Waals surface area contributed by atoms with Gasteiger partial charge < -0.3 is 10.5 Å². The van der Waals surface area contributed by atoms with E-state index in [2.05, 4.69) is 0 Å². The van der Waals surface area contributed by atoms with E-state index < -0.39 is 11.0 Å². The number of nitriles is 1. The average Bonchev–Trinajstić information content (AvgIpc) is 2.26. The van der Waals surface area contributed by atoms with Gasteiger partial charge in [-0.1, -0.05) is 6.07 Å². The van der Waals surface area contributed by atoms with Gasteiger partial charge in [0.15, 0.2) is 5.75 Å². The van der Waals surface area contributed by atoms with E-state index in [1.54, 1.807) is 26.0 Å². The van der Waals surface area contributed by atoms with E-state index in [-0.39, 0.29) is 18.0 Å². The highest BCUT2D eigenvalue weighted by molar-refractivity contribution is 5.53. The molecule has 2 N–H and O–H groups in total. The minimum absolute atomic E-state index is 0.0682. The Morgan fingerprint density at radius 3 is 2.76 bits per heavy atom. The lowest BCUT2D eigenvalue weighted by atomic mass is 10.1. The van der Waals surface area contributed by atoms with Crippen LogP contribution in [0.15, 0.2) is 12.1 Å². The van der Waals surface area contributed by atoms with Crippen LogP contribution in [-0.2, 0) is 0 Å². The molecule has 1 aromatic carbocycles. The van der Waals surface area contributed by atoms with Gasteiger partial charge in [0, 0.05) is 6.07 Å². The fraction of sp³-hybridized carbons (Fsp3) is 0.364. The number of hydrogen-bond donors (Lipinski definition) is 1. The Labute approximate surface area is 98.8 Å². The van der Waals surface area contributed by atoms with Gasteiger partial charge in [-0.15, -0.1) is 0 Å². The van der Waals surface area contributed by atoms with E-state index in [9.17, 15) is 10.1 Å². The second-order valence-electron chi connectivity index (χ2n) is 3.73. The van der Waals surface area contributed by atoms with Crippen LogP contribution in [0.3, 0.4) is 0 Å². The molecule has 0 fully saturated rings. The maximum absolute atomic E-state index is 10.9. The standard InChI is InChI=1S/C11H13N3O3/c1-7-3-8(2)11(10(4-7)14(15)16)17-6-9(13)5-12/h3-4,9H,6,13H2,1-2H3. The number of hydrogen-bond acceptors (Lipinski definition) is 5. The molecule has 0 aromatic heterocycles. The number of nitrogens with two attached hydrogens (primary N) is 1. The molecule has 90 valence electrons. The summed E-state index contributed by atoms with van der Waals surface area (Å²) in [6.07, 6.45) is 0. The van der Waals surface area contributed by atoms with Crippen LogP contribution in [0.4, 0.5) is 5.69 Å². The largest absolute Gasteiger partial charge is 0.484 e. The molecule has 0 aliphatic carbocycles. The van der Waals surface area contributed by atoms with Crippen LogP contribution in [0.25, 0.3) is 0 Å².